The van der Waals surface area contributed by atoms with E-state index in [9.17, 15) is 0 Å². The molecule has 0 spiro atoms. The molecule has 2 heteroatoms. The summed E-state index contributed by atoms with van der Waals surface area (Å²) in [6.07, 6.45) is 42.3. The molecule has 0 saturated heterocycles. The molecule has 0 saturated carbocycles. The Morgan fingerprint density at radius 2 is 0.842 bits per heavy atom. The Morgan fingerprint density at radius 1 is 0.500 bits per heavy atom. The highest BCUT2D eigenvalue weighted by molar-refractivity contribution is 5.02. The van der Waals surface area contributed by atoms with Gasteiger partial charge in [-0.25, -0.2) is 4.98 Å². The predicted octanol–water partition coefficient (Wildman–Crippen LogP) is 13.1. The topological polar surface area (TPSA) is 17.8 Å². The van der Waals surface area contributed by atoms with E-state index in [-0.39, 0.29) is 0 Å². The second-order valence-electron chi connectivity index (χ2n) is 12.5. The SMILES string of the molecule is CCCCCCCCCCCCCCCC(CCCCCCC)c1nccn1C(C)CCCCCCCC. The Labute approximate surface area is 240 Å². The van der Waals surface area contributed by atoms with Gasteiger partial charge in [-0.2, -0.15) is 0 Å². The van der Waals surface area contributed by atoms with E-state index >= 15 is 0 Å². The van der Waals surface area contributed by atoms with Crippen molar-refractivity contribution < 1.29 is 0 Å². The van der Waals surface area contributed by atoms with Gasteiger partial charge in [0.2, 0.25) is 0 Å². The van der Waals surface area contributed by atoms with Crippen molar-refractivity contribution in [3.8, 4) is 0 Å². The Hall–Kier alpha value is -0.790. The zero-order valence-corrected chi connectivity index (χ0v) is 26.8. The maximum absolute atomic E-state index is 4.96. The van der Waals surface area contributed by atoms with Crippen molar-refractivity contribution in [2.45, 2.75) is 213 Å². The molecule has 1 aromatic heterocycles. The maximum Gasteiger partial charge on any atom is 0.111 e. The Kier molecular flexibility index (Phi) is 24.5. The summed E-state index contributed by atoms with van der Waals surface area (Å²) >= 11 is 0. The summed E-state index contributed by atoms with van der Waals surface area (Å²) in [5.74, 6) is 2.06. The monoisotopic (exact) mass is 531 g/mol. The lowest BCUT2D eigenvalue weighted by molar-refractivity contribution is 0.413. The first-order chi connectivity index (χ1) is 18.7. The summed E-state index contributed by atoms with van der Waals surface area (Å²) in [4.78, 5) is 4.96. The molecule has 38 heavy (non-hydrogen) atoms. The number of imidazole rings is 1. The lowest BCUT2D eigenvalue weighted by atomic mass is 9.93. The van der Waals surface area contributed by atoms with Crippen molar-refractivity contribution in [3.05, 3.63) is 18.2 Å². The molecule has 0 aliphatic carbocycles. The zero-order chi connectivity index (χ0) is 27.5. The van der Waals surface area contributed by atoms with Gasteiger partial charge in [-0.1, -0.05) is 175 Å². The molecule has 0 amide bonds. The van der Waals surface area contributed by atoms with Crippen molar-refractivity contribution in [1.29, 1.82) is 0 Å². The van der Waals surface area contributed by atoms with Crippen LogP contribution in [0.25, 0.3) is 0 Å². The Balaban J connectivity index is 2.37. The minimum absolute atomic E-state index is 0.591. The molecule has 1 rings (SSSR count). The molecule has 1 heterocycles. The molecule has 0 fully saturated rings. The maximum atomic E-state index is 4.96. The van der Waals surface area contributed by atoms with Gasteiger partial charge < -0.3 is 4.57 Å². The second-order valence-corrected chi connectivity index (χ2v) is 12.5. The molecule has 2 nitrogen and oxygen atoms in total. The third-order valence-corrected chi connectivity index (χ3v) is 8.83. The molecule has 2 atom stereocenters. The van der Waals surface area contributed by atoms with E-state index < -0.39 is 0 Å². The van der Waals surface area contributed by atoms with E-state index in [1.165, 1.54) is 179 Å². The number of rotatable bonds is 29. The van der Waals surface area contributed by atoms with Gasteiger partial charge in [0.25, 0.3) is 0 Å². The molecule has 2 unspecified atom stereocenters. The van der Waals surface area contributed by atoms with Crippen LogP contribution in [-0.4, -0.2) is 9.55 Å². The normalized spacial score (nSPS) is 13.3. The van der Waals surface area contributed by atoms with E-state index in [0.717, 1.165) is 0 Å². The largest absolute Gasteiger partial charge is 0.332 e. The van der Waals surface area contributed by atoms with Crippen molar-refractivity contribution in [2.24, 2.45) is 0 Å². The van der Waals surface area contributed by atoms with Gasteiger partial charge >= 0.3 is 0 Å². The van der Waals surface area contributed by atoms with E-state index in [4.69, 9.17) is 4.98 Å². The van der Waals surface area contributed by atoms with E-state index in [2.05, 4.69) is 44.7 Å². The lowest BCUT2D eigenvalue weighted by Crippen LogP contribution is -2.13. The summed E-state index contributed by atoms with van der Waals surface area (Å²) in [6, 6.07) is 0.591. The van der Waals surface area contributed by atoms with Gasteiger partial charge in [-0.15, -0.1) is 0 Å². The number of nitrogens with zero attached hydrogens (tertiary/aromatic N) is 2. The highest BCUT2D eigenvalue weighted by atomic mass is 15.1. The van der Waals surface area contributed by atoms with E-state index in [1.54, 1.807) is 0 Å². The molecule has 0 aliphatic heterocycles. The number of hydrogen-bond acceptors (Lipinski definition) is 1. The van der Waals surface area contributed by atoms with E-state index in [1.807, 2.05) is 0 Å². The fourth-order valence-electron chi connectivity index (χ4n) is 6.18. The van der Waals surface area contributed by atoms with Crippen molar-refractivity contribution in [3.63, 3.8) is 0 Å². The fraction of sp³-hybridized carbons (Fsp3) is 0.917. The first-order valence-corrected chi connectivity index (χ1v) is 17.8. The van der Waals surface area contributed by atoms with Crippen molar-refractivity contribution in [1.82, 2.24) is 9.55 Å². The van der Waals surface area contributed by atoms with Crippen LogP contribution in [0.4, 0.5) is 0 Å². The number of unbranched alkanes of at least 4 members (excludes halogenated alkanes) is 21. The quantitative estimate of drug-likeness (QED) is 0.0941. The molecule has 0 bridgehead atoms. The molecular formula is C36H70N2. The molecule has 0 radical (unpaired) electrons. The van der Waals surface area contributed by atoms with Crippen LogP contribution in [0.5, 0.6) is 0 Å². The Bertz CT molecular complexity index is 592. The summed E-state index contributed by atoms with van der Waals surface area (Å²) in [7, 11) is 0. The molecular weight excluding hydrogens is 460 g/mol. The lowest BCUT2D eigenvalue weighted by Gasteiger charge is -2.22. The van der Waals surface area contributed by atoms with Crippen molar-refractivity contribution >= 4 is 0 Å². The molecule has 0 N–H and O–H groups in total. The number of aromatic nitrogens is 2. The van der Waals surface area contributed by atoms with Gasteiger partial charge in [-0.05, 0) is 26.2 Å². The smallest absolute Gasteiger partial charge is 0.111 e. The average Bonchev–Trinajstić information content (AvgIpc) is 3.42. The first kappa shape index (κ1) is 35.2. The predicted molar refractivity (Wildman–Crippen MR) is 171 cm³/mol. The summed E-state index contributed by atoms with van der Waals surface area (Å²) in [5, 5.41) is 0. The van der Waals surface area contributed by atoms with E-state index in [0.29, 0.717) is 12.0 Å². The van der Waals surface area contributed by atoms with Crippen LogP contribution in [0, 0.1) is 0 Å². The number of hydrogen-bond donors (Lipinski definition) is 0. The van der Waals surface area contributed by atoms with Crippen LogP contribution in [0.1, 0.15) is 219 Å². The molecule has 224 valence electrons. The van der Waals surface area contributed by atoms with Gasteiger partial charge in [0, 0.05) is 24.4 Å². The highest BCUT2D eigenvalue weighted by Crippen LogP contribution is 2.30. The van der Waals surface area contributed by atoms with Gasteiger partial charge in [-0.3, -0.25) is 0 Å². The van der Waals surface area contributed by atoms with Crippen molar-refractivity contribution in [2.75, 3.05) is 0 Å². The fourth-order valence-corrected chi connectivity index (χ4v) is 6.18. The minimum atomic E-state index is 0.591. The second kappa shape index (κ2) is 26.4. The van der Waals surface area contributed by atoms with Gasteiger partial charge in [0.1, 0.15) is 5.82 Å². The minimum Gasteiger partial charge on any atom is -0.332 e. The summed E-state index contributed by atoms with van der Waals surface area (Å²) in [6.45, 7) is 9.36. The molecule has 1 aromatic rings. The van der Waals surface area contributed by atoms with Gasteiger partial charge in [0.05, 0.1) is 0 Å². The Morgan fingerprint density at radius 3 is 1.24 bits per heavy atom. The van der Waals surface area contributed by atoms with Crippen LogP contribution in [0.2, 0.25) is 0 Å². The van der Waals surface area contributed by atoms with Gasteiger partial charge in [0.15, 0.2) is 0 Å². The first-order valence-electron chi connectivity index (χ1n) is 17.8. The highest BCUT2D eigenvalue weighted by Gasteiger charge is 2.19. The van der Waals surface area contributed by atoms with Crippen LogP contribution in [-0.2, 0) is 0 Å². The zero-order valence-electron chi connectivity index (χ0n) is 26.8. The molecule has 0 aromatic carbocycles. The summed E-state index contributed by atoms with van der Waals surface area (Å²) < 4.78 is 2.56. The molecule has 0 aliphatic rings. The van der Waals surface area contributed by atoms with Crippen LogP contribution >= 0.6 is 0 Å². The third kappa shape index (κ3) is 18.5. The standard InChI is InChI=1S/C36H70N2/c1-5-8-11-14-16-17-18-19-20-21-22-25-28-31-35(30-27-23-13-10-7-3)36-37-32-33-38(36)34(4)29-26-24-15-12-9-6-2/h32-35H,5-31H2,1-4H3. The average molecular weight is 531 g/mol. The summed E-state index contributed by atoms with van der Waals surface area (Å²) in [5.41, 5.74) is 0. The van der Waals surface area contributed by atoms with Crippen LogP contribution in [0.15, 0.2) is 12.4 Å². The van der Waals surface area contributed by atoms with Crippen LogP contribution in [0.3, 0.4) is 0 Å². The van der Waals surface area contributed by atoms with Crippen LogP contribution < -0.4 is 0 Å². The third-order valence-electron chi connectivity index (χ3n) is 8.83.